The maximum atomic E-state index is 13.4. The van der Waals surface area contributed by atoms with Crippen molar-refractivity contribution in [3.63, 3.8) is 0 Å². The molecule has 5 heteroatoms. The molecule has 1 aromatic carbocycles. The van der Waals surface area contributed by atoms with Crippen LogP contribution in [-0.2, 0) is 11.2 Å². The van der Waals surface area contributed by atoms with Crippen molar-refractivity contribution in [2.75, 3.05) is 12.4 Å². The van der Waals surface area contributed by atoms with E-state index >= 15 is 0 Å². The van der Waals surface area contributed by atoms with Crippen LogP contribution in [0, 0.1) is 5.82 Å². The summed E-state index contributed by atoms with van der Waals surface area (Å²) in [7, 11) is 1.53. The lowest BCUT2D eigenvalue weighted by molar-refractivity contribution is -0.116. The molecule has 0 saturated heterocycles. The van der Waals surface area contributed by atoms with Crippen LogP contribution in [0.3, 0.4) is 0 Å². The Morgan fingerprint density at radius 2 is 2.10 bits per heavy atom. The minimum atomic E-state index is -0.225. The molecule has 1 aromatic heterocycles. The van der Waals surface area contributed by atoms with Crippen molar-refractivity contribution in [3.8, 4) is 5.88 Å². The van der Waals surface area contributed by atoms with Crippen LogP contribution < -0.4 is 10.1 Å². The van der Waals surface area contributed by atoms with Crippen molar-refractivity contribution in [2.45, 2.75) is 19.3 Å². The number of aromatic nitrogens is 1. The average Bonchev–Trinajstić information content (AvgIpc) is 2.50. The summed E-state index contributed by atoms with van der Waals surface area (Å²) in [6.07, 6.45) is 3.01. The third kappa shape index (κ3) is 4.56. The van der Waals surface area contributed by atoms with Gasteiger partial charge in [0, 0.05) is 12.5 Å². The van der Waals surface area contributed by atoms with Crippen molar-refractivity contribution in [1.82, 2.24) is 4.98 Å². The number of anilines is 1. The number of benzene rings is 1. The second kappa shape index (κ2) is 7.38. The zero-order valence-corrected chi connectivity index (χ0v) is 11.8. The molecular formula is C16H17FN2O2. The van der Waals surface area contributed by atoms with E-state index in [2.05, 4.69) is 10.3 Å². The molecular weight excluding hydrogens is 271 g/mol. The highest BCUT2D eigenvalue weighted by Gasteiger charge is 2.05. The highest BCUT2D eigenvalue weighted by atomic mass is 19.1. The molecule has 1 N–H and O–H groups in total. The number of hydrogen-bond donors (Lipinski definition) is 1. The summed E-state index contributed by atoms with van der Waals surface area (Å²) in [6, 6.07) is 10.0. The number of carbonyl (C=O) groups excluding carboxylic acids is 1. The minimum absolute atomic E-state index is 0.113. The number of hydrogen-bond acceptors (Lipinski definition) is 3. The Morgan fingerprint density at radius 3 is 2.76 bits per heavy atom. The number of nitrogens with one attached hydrogen (secondary N) is 1. The molecule has 0 aliphatic carbocycles. The zero-order chi connectivity index (χ0) is 15.1. The lowest BCUT2D eigenvalue weighted by atomic mass is 10.1. The summed E-state index contributed by atoms with van der Waals surface area (Å²) in [5.74, 6) is 0.156. The molecule has 1 amide bonds. The Hall–Kier alpha value is -2.43. The summed E-state index contributed by atoms with van der Waals surface area (Å²) >= 11 is 0. The van der Waals surface area contributed by atoms with Gasteiger partial charge in [-0.15, -0.1) is 0 Å². The van der Waals surface area contributed by atoms with E-state index in [9.17, 15) is 9.18 Å². The minimum Gasteiger partial charge on any atom is -0.481 e. The van der Waals surface area contributed by atoms with Gasteiger partial charge < -0.3 is 10.1 Å². The Kier molecular flexibility index (Phi) is 5.26. The third-order valence-electron chi connectivity index (χ3n) is 3.04. The Morgan fingerprint density at radius 1 is 1.29 bits per heavy atom. The largest absolute Gasteiger partial charge is 0.481 e. The Bertz CT molecular complexity index is 599. The first kappa shape index (κ1) is 15.0. The van der Waals surface area contributed by atoms with Crippen LogP contribution in [0.5, 0.6) is 5.88 Å². The first-order valence-electron chi connectivity index (χ1n) is 6.72. The summed E-state index contributed by atoms with van der Waals surface area (Å²) in [4.78, 5) is 15.8. The summed E-state index contributed by atoms with van der Waals surface area (Å²) in [5.41, 5.74) is 1.25. The molecule has 0 aliphatic rings. The van der Waals surface area contributed by atoms with Gasteiger partial charge in [0.05, 0.1) is 19.0 Å². The number of pyridine rings is 1. The standard InChI is InChI=1S/C16H17FN2O2/c1-21-16-10-9-13(11-18-16)19-15(20)8-4-6-12-5-2-3-7-14(12)17/h2-3,5,7,9-11H,4,6,8H2,1H3,(H,19,20). The molecule has 1 heterocycles. The van der Waals surface area contributed by atoms with E-state index in [1.165, 1.54) is 19.4 Å². The van der Waals surface area contributed by atoms with Crippen molar-refractivity contribution in [3.05, 3.63) is 54.0 Å². The normalized spacial score (nSPS) is 10.2. The third-order valence-corrected chi connectivity index (χ3v) is 3.04. The van der Waals surface area contributed by atoms with E-state index in [0.717, 1.165) is 0 Å². The molecule has 110 valence electrons. The smallest absolute Gasteiger partial charge is 0.224 e. The van der Waals surface area contributed by atoms with Crippen LogP contribution in [0.2, 0.25) is 0 Å². The fraction of sp³-hybridized carbons (Fsp3) is 0.250. The molecule has 4 nitrogen and oxygen atoms in total. The van der Waals surface area contributed by atoms with Gasteiger partial charge in [-0.05, 0) is 30.5 Å². The van der Waals surface area contributed by atoms with Crippen LogP contribution >= 0.6 is 0 Å². The molecule has 21 heavy (non-hydrogen) atoms. The van der Waals surface area contributed by atoms with Crippen LogP contribution in [0.1, 0.15) is 18.4 Å². The number of carbonyl (C=O) groups is 1. The van der Waals surface area contributed by atoms with E-state index in [4.69, 9.17) is 4.74 Å². The molecule has 0 radical (unpaired) electrons. The highest BCUT2D eigenvalue weighted by molar-refractivity contribution is 5.90. The molecule has 0 saturated carbocycles. The number of nitrogens with zero attached hydrogens (tertiary/aromatic N) is 1. The van der Waals surface area contributed by atoms with Crippen LogP contribution in [0.15, 0.2) is 42.6 Å². The van der Waals surface area contributed by atoms with Crippen LogP contribution in [-0.4, -0.2) is 18.0 Å². The number of halogens is 1. The maximum Gasteiger partial charge on any atom is 0.224 e. The SMILES string of the molecule is COc1ccc(NC(=O)CCCc2ccccc2F)cn1. The molecule has 0 aliphatic heterocycles. The second-order valence-corrected chi connectivity index (χ2v) is 4.58. The van der Waals surface area contributed by atoms with Gasteiger partial charge in [-0.3, -0.25) is 4.79 Å². The zero-order valence-electron chi connectivity index (χ0n) is 11.8. The predicted octanol–water partition coefficient (Wildman–Crippen LogP) is 3.19. The van der Waals surface area contributed by atoms with Crippen LogP contribution in [0.4, 0.5) is 10.1 Å². The topological polar surface area (TPSA) is 51.2 Å². The van der Waals surface area contributed by atoms with E-state index in [1.54, 1.807) is 30.3 Å². The van der Waals surface area contributed by atoms with Crippen LogP contribution in [0.25, 0.3) is 0 Å². The first-order valence-corrected chi connectivity index (χ1v) is 6.72. The monoisotopic (exact) mass is 288 g/mol. The molecule has 2 rings (SSSR count). The van der Waals surface area contributed by atoms with Gasteiger partial charge in [0.1, 0.15) is 5.82 Å². The summed E-state index contributed by atoms with van der Waals surface area (Å²) in [5, 5.41) is 2.74. The second-order valence-electron chi connectivity index (χ2n) is 4.58. The molecule has 0 bridgehead atoms. The lowest BCUT2D eigenvalue weighted by Gasteiger charge is -2.06. The average molecular weight is 288 g/mol. The van der Waals surface area contributed by atoms with Gasteiger partial charge in [0.2, 0.25) is 11.8 Å². The molecule has 2 aromatic rings. The number of rotatable bonds is 6. The lowest BCUT2D eigenvalue weighted by Crippen LogP contribution is -2.11. The maximum absolute atomic E-state index is 13.4. The van der Waals surface area contributed by atoms with Crippen molar-refractivity contribution < 1.29 is 13.9 Å². The van der Waals surface area contributed by atoms with Gasteiger partial charge in [-0.1, -0.05) is 18.2 Å². The quantitative estimate of drug-likeness (QED) is 0.888. The highest BCUT2D eigenvalue weighted by Crippen LogP contribution is 2.13. The summed E-state index contributed by atoms with van der Waals surface area (Å²) < 4.78 is 18.4. The fourth-order valence-corrected chi connectivity index (χ4v) is 1.94. The molecule has 0 fully saturated rings. The van der Waals surface area contributed by atoms with E-state index in [-0.39, 0.29) is 11.7 Å². The van der Waals surface area contributed by atoms with E-state index < -0.39 is 0 Å². The van der Waals surface area contributed by atoms with Gasteiger partial charge in [0.25, 0.3) is 0 Å². The van der Waals surface area contributed by atoms with Gasteiger partial charge in [0.15, 0.2) is 0 Å². The fourth-order valence-electron chi connectivity index (χ4n) is 1.94. The van der Waals surface area contributed by atoms with Gasteiger partial charge in [-0.25, -0.2) is 9.37 Å². The molecule has 0 spiro atoms. The first-order chi connectivity index (χ1) is 10.2. The van der Waals surface area contributed by atoms with E-state index in [0.29, 0.717) is 36.4 Å². The van der Waals surface area contributed by atoms with Crippen molar-refractivity contribution >= 4 is 11.6 Å². The summed E-state index contributed by atoms with van der Waals surface area (Å²) in [6.45, 7) is 0. The number of aryl methyl sites for hydroxylation is 1. The Balaban J connectivity index is 1.78. The van der Waals surface area contributed by atoms with Crippen molar-refractivity contribution in [2.24, 2.45) is 0 Å². The predicted molar refractivity (Wildman–Crippen MR) is 78.8 cm³/mol. The molecule has 0 atom stereocenters. The van der Waals surface area contributed by atoms with Gasteiger partial charge in [-0.2, -0.15) is 0 Å². The van der Waals surface area contributed by atoms with E-state index in [1.807, 2.05) is 0 Å². The number of ether oxygens (including phenoxy) is 1. The Labute approximate surface area is 123 Å². The van der Waals surface area contributed by atoms with Gasteiger partial charge >= 0.3 is 0 Å². The number of methoxy groups -OCH3 is 1. The molecule has 0 unspecified atom stereocenters. The number of amides is 1. The van der Waals surface area contributed by atoms with Crippen molar-refractivity contribution in [1.29, 1.82) is 0 Å².